The molecule has 0 bridgehead atoms. The highest BCUT2D eigenvalue weighted by molar-refractivity contribution is 5.91. The summed E-state index contributed by atoms with van der Waals surface area (Å²) in [5, 5.41) is 8.60. The zero-order valence-corrected chi connectivity index (χ0v) is 17.0. The number of aryl methyl sites for hydroxylation is 1. The molecule has 0 saturated carbocycles. The number of amides is 1. The molecule has 2 aromatic rings. The third-order valence-corrected chi connectivity index (χ3v) is 4.35. The Kier molecular flexibility index (Phi) is 7.07. The van der Waals surface area contributed by atoms with E-state index < -0.39 is 18.5 Å². The first-order valence-corrected chi connectivity index (χ1v) is 9.23. The fourth-order valence-corrected chi connectivity index (χ4v) is 3.46. The fraction of sp³-hybridized carbons (Fsp3) is 0.500. The number of benzene rings is 1. The van der Waals surface area contributed by atoms with Crippen molar-refractivity contribution in [2.45, 2.75) is 39.4 Å². The SMILES string of the molecule is CN(C)CC(C)(C)Cn1c(CCC(F)(F)F)nc2ccc(/C=C/C(=O)NO)cc21. The van der Waals surface area contributed by atoms with E-state index in [1.54, 1.807) is 18.2 Å². The number of nitrogens with zero attached hydrogens (tertiary/aromatic N) is 3. The van der Waals surface area contributed by atoms with Gasteiger partial charge in [0.15, 0.2) is 0 Å². The Morgan fingerprint density at radius 2 is 2.00 bits per heavy atom. The van der Waals surface area contributed by atoms with Crippen molar-refractivity contribution in [2.24, 2.45) is 5.41 Å². The van der Waals surface area contributed by atoms with Gasteiger partial charge in [-0.05, 0) is 43.3 Å². The van der Waals surface area contributed by atoms with Crippen molar-refractivity contribution in [3.8, 4) is 0 Å². The lowest BCUT2D eigenvalue weighted by Crippen LogP contribution is -2.33. The highest BCUT2D eigenvalue weighted by Crippen LogP contribution is 2.28. The molecule has 0 aliphatic rings. The van der Waals surface area contributed by atoms with Crippen LogP contribution in [-0.2, 0) is 17.8 Å². The number of hydrogen-bond donors (Lipinski definition) is 2. The van der Waals surface area contributed by atoms with Crippen LogP contribution in [-0.4, -0.2) is 52.4 Å². The molecule has 1 amide bonds. The van der Waals surface area contributed by atoms with E-state index in [0.717, 1.165) is 6.54 Å². The smallest absolute Gasteiger partial charge is 0.327 e. The van der Waals surface area contributed by atoms with Crippen LogP contribution in [0.15, 0.2) is 24.3 Å². The third kappa shape index (κ3) is 6.86. The van der Waals surface area contributed by atoms with Gasteiger partial charge in [-0.3, -0.25) is 10.0 Å². The van der Waals surface area contributed by atoms with Crippen LogP contribution in [0.4, 0.5) is 13.2 Å². The summed E-state index contributed by atoms with van der Waals surface area (Å²) in [5.41, 5.74) is 3.30. The fourth-order valence-electron chi connectivity index (χ4n) is 3.46. The summed E-state index contributed by atoms with van der Waals surface area (Å²) in [7, 11) is 3.90. The van der Waals surface area contributed by atoms with Gasteiger partial charge in [-0.15, -0.1) is 0 Å². The van der Waals surface area contributed by atoms with Crippen molar-refractivity contribution >= 4 is 23.0 Å². The minimum Gasteiger partial charge on any atom is -0.327 e. The van der Waals surface area contributed by atoms with Crippen LogP contribution in [0.5, 0.6) is 0 Å². The maximum atomic E-state index is 12.8. The number of fused-ring (bicyclic) bond motifs is 1. The highest BCUT2D eigenvalue weighted by atomic mass is 19.4. The first kappa shape index (κ1) is 22.9. The van der Waals surface area contributed by atoms with Crippen molar-refractivity contribution in [3.63, 3.8) is 0 Å². The monoisotopic (exact) mass is 412 g/mol. The number of aromatic nitrogens is 2. The molecule has 0 saturated heterocycles. The number of carbonyl (C=O) groups is 1. The number of hydrogen-bond acceptors (Lipinski definition) is 4. The van der Waals surface area contributed by atoms with Crippen molar-refractivity contribution in [1.29, 1.82) is 0 Å². The van der Waals surface area contributed by atoms with Gasteiger partial charge in [-0.2, -0.15) is 13.2 Å². The molecule has 2 N–H and O–H groups in total. The van der Waals surface area contributed by atoms with Crippen LogP contribution in [0, 0.1) is 5.41 Å². The Morgan fingerprint density at radius 3 is 2.59 bits per heavy atom. The quantitative estimate of drug-likeness (QED) is 0.395. The Morgan fingerprint density at radius 1 is 1.31 bits per heavy atom. The van der Waals surface area contributed by atoms with E-state index in [2.05, 4.69) is 18.8 Å². The molecule has 0 aliphatic heterocycles. The molecule has 0 unspecified atom stereocenters. The molecule has 1 aromatic heterocycles. The van der Waals surface area contributed by atoms with Crippen molar-refractivity contribution in [3.05, 3.63) is 35.7 Å². The number of halogens is 3. The third-order valence-electron chi connectivity index (χ3n) is 4.35. The number of rotatable bonds is 8. The molecular formula is C20H27F3N4O2. The molecule has 29 heavy (non-hydrogen) atoms. The molecule has 0 spiro atoms. The van der Waals surface area contributed by atoms with E-state index in [4.69, 9.17) is 5.21 Å². The normalized spacial score (nSPS) is 13.0. The molecule has 1 heterocycles. The summed E-state index contributed by atoms with van der Waals surface area (Å²) in [6.45, 7) is 5.37. The van der Waals surface area contributed by atoms with Crippen LogP contribution in [0.1, 0.15) is 31.7 Å². The predicted molar refractivity (Wildman–Crippen MR) is 105 cm³/mol. The van der Waals surface area contributed by atoms with Crippen molar-refractivity contribution < 1.29 is 23.2 Å². The number of hydroxylamine groups is 1. The van der Waals surface area contributed by atoms with E-state index in [-0.39, 0.29) is 11.8 Å². The molecule has 0 radical (unpaired) electrons. The summed E-state index contributed by atoms with van der Waals surface area (Å²) in [4.78, 5) is 17.7. The maximum absolute atomic E-state index is 12.8. The standard InChI is InChI=1S/C20H27F3N4O2/c1-19(2,12-26(3)4)13-27-16-11-14(6-8-18(28)25-29)5-7-15(16)24-17(27)9-10-20(21,22)23/h5-8,11,29H,9-10,12-13H2,1-4H3,(H,25,28)/b8-6+. The van der Waals surface area contributed by atoms with Gasteiger partial charge in [0.2, 0.25) is 0 Å². The van der Waals surface area contributed by atoms with Crippen LogP contribution in [0.25, 0.3) is 17.1 Å². The minimum absolute atomic E-state index is 0.200. The van der Waals surface area contributed by atoms with Gasteiger partial charge in [0.05, 0.1) is 17.5 Å². The second kappa shape index (κ2) is 8.96. The van der Waals surface area contributed by atoms with Crippen LogP contribution in [0.2, 0.25) is 0 Å². The summed E-state index contributed by atoms with van der Waals surface area (Å²) >= 11 is 0. The van der Waals surface area contributed by atoms with E-state index in [9.17, 15) is 18.0 Å². The average Bonchev–Trinajstić information content (AvgIpc) is 2.92. The predicted octanol–water partition coefficient (Wildman–Crippen LogP) is 3.64. The average molecular weight is 412 g/mol. The molecule has 0 atom stereocenters. The lowest BCUT2D eigenvalue weighted by molar-refractivity contribution is -0.134. The summed E-state index contributed by atoms with van der Waals surface area (Å²) < 4.78 is 40.2. The molecule has 0 fully saturated rings. The van der Waals surface area contributed by atoms with Crippen molar-refractivity contribution in [2.75, 3.05) is 20.6 Å². The molecular weight excluding hydrogens is 385 g/mol. The zero-order chi connectivity index (χ0) is 21.8. The summed E-state index contributed by atoms with van der Waals surface area (Å²) in [6, 6.07) is 5.23. The number of nitrogens with one attached hydrogen (secondary N) is 1. The largest absolute Gasteiger partial charge is 0.389 e. The van der Waals surface area contributed by atoms with Gasteiger partial charge in [0, 0.05) is 25.6 Å². The molecule has 6 nitrogen and oxygen atoms in total. The Labute approximate surface area is 168 Å². The number of alkyl halides is 3. The van der Waals surface area contributed by atoms with Gasteiger partial charge >= 0.3 is 6.18 Å². The lowest BCUT2D eigenvalue weighted by atomic mass is 9.92. The minimum atomic E-state index is -4.26. The Bertz CT molecular complexity index is 886. The van der Waals surface area contributed by atoms with Gasteiger partial charge in [-0.1, -0.05) is 19.9 Å². The van der Waals surface area contributed by atoms with Crippen LogP contribution < -0.4 is 5.48 Å². The molecule has 0 aliphatic carbocycles. The number of carbonyl (C=O) groups excluding carboxylic acids is 1. The number of imidazole rings is 1. The second-order valence-electron chi connectivity index (χ2n) is 8.19. The molecule has 2 rings (SSSR count). The molecule has 160 valence electrons. The molecule has 9 heteroatoms. The van der Waals surface area contributed by atoms with E-state index in [1.807, 2.05) is 23.6 Å². The maximum Gasteiger partial charge on any atom is 0.389 e. The zero-order valence-electron chi connectivity index (χ0n) is 17.0. The van der Waals surface area contributed by atoms with Gasteiger partial charge in [0.1, 0.15) is 5.82 Å². The van der Waals surface area contributed by atoms with Crippen LogP contribution in [0.3, 0.4) is 0 Å². The van der Waals surface area contributed by atoms with Gasteiger partial charge < -0.3 is 9.47 Å². The Hall–Kier alpha value is -2.39. The van der Waals surface area contributed by atoms with E-state index >= 15 is 0 Å². The summed E-state index contributed by atoms with van der Waals surface area (Å²) in [6.07, 6.45) is -2.71. The first-order valence-electron chi connectivity index (χ1n) is 9.23. The van der Waals surface area contributed by atoms with Crippen molar-refractivity contribution in [1.82, 2.24) is 19.9 Å². The van der Waals surface area contributed by atoms with E-state index in [1.165, 1.54) is 17.6 Å². The lowest BCUT2D eigenvalue weighted by Gasteiger charge is -2.29. The van der Waals surface area contributed by atoms with Crippen LogP contribution >= 0.6 is 0 Å². The molecule has 1 aromatic carbocycles. The second-order valence-corrected chi connectivity index (χ2v) is 8.19. The van der Waals surface area contributed by atoms with Gasteiger partial charge in [-0.25, -0.2) is 10.5 Å². The highest BCUT2D eigenvalue weighted by Gasteiger charge is 2.29. The summed E-state index contributed by atoms with van der Waals surface area (Å²) in [5.74, 6) is -0.282. The first-order chi connectivity index (χ1) is 13.4. The Balaban J connectivity index is 2.47. The topological polar surface area (TPSA) is 70.4 Å². The van der Waals surface area contributed by atoms with Gasteiger partial charge in [0.25, 0.3) is 5.91 Å². The van der Waals surface area contributed by atoms with E-state index in [0.29, 0.717) is 29.0 Å².